The summed E-state index contributed by atoms with van der Waals surface area (Å²) in [4.78, 5) is 19.5. The zero-order valence-electron chi connectivity index (χ0n) is 14.3. The third-order valence-electron chi connectivity index (χ3n) is 4.54. The fourth-order valence-electron chi connectivity index (χ4n) is 3.10. The van der Waals surface area contributed by atoms with Crippen molar-refractivity contribution in [1.82, 2.24) is 19.9 Å². The molecule has 0 aromatic carbocycles. The predicted octanol–water partition coefficient (Wildman–Crippen LogP) is 2.94. The van der Waals surface area contributed by atoms with E-state index in [2.05, 4.69) is 38.2 Å². The van der Waals surface area contributed by atoms with Crippen LogP contribution in [0.2, 0.25) is 0 Å². The molecule has 132 valence electrons. The van der Waals surface area contributed by atoms with Crippen molar-refractivity contribution in [3.05, 3.63) is 24.7 Å². The molecule has 2 unspecified atom stereocenters. The van der Waals surface area contributed by atoms with Gasteiger partial charge in [0, 0.05) is 24.8 Å². The molecule has 9 heteroatoms. The highest BCUT2D eigenvalue weighted by Crippen LogP contribution is 2.37. The second-order valence-corrected chi connectivity index (χ2v) is 7.34. The molecular weight excluding hydrogens is 348 g/mol. The number of thiazole rings is 1. The summed E-state index contributed by atoms with van der Waals surface area (Å²) in [5, 5.41) is 13.4. The number of hydrogen-bond acceptors (Lipinski definition) is 9. The number of nitrogens with one attached hydrogen (secondary N) is 1. The Balaban J connectivity index is 1.68. The van der Waals surface area contributed by atoms with Crippen molar-refractivity contribution < 1.29 is 0 Å². The van der Waals surface area contributed by atoms with E-state index < -0.39 is 0 Å². The van der Waals surface area contributed by atoms with Gasteiger partial charge < -0.3 is 16.0 Å². The van der Waals surface area contributed by atoms with Gasteiger partial charge >= 0.3 is 0 Å². The SMILES string of the molecule is CC1CCC(C#N)CN1c1nc2ccnc(Nc3cc(N)ncn3)c2s1. The van der Waals surface area contributed by atoms with Crippen LogP contribution >= 0.6 is 11.3 Å². The average molecular weight is 366 g/mol. The lowest BCUT2D eigenvalue weighted by Gasteiger charge is -2.35. The lowest BCUT2D eigenvalue weighted by atomic mass is 9.95. The molecule has 8 nitrogen and oxygen atoms in total. The highest BCUT2D eigenvalue weighted by Gasteiger charge is 2.28. The minimum Gasteiger partial charge on any atom is -0.384 e. The van der Waals surface area contributed by atoms with Gasteiger partial charge in [-0.15, -0.1) is 0 Å². The van der Waals surface area contributed by atoms with E-state index in [0.717, 1.165) is 34.7 Å². The van der Waals surface area contributed by atoms with Gasteiger partial charge in [0.2, 0.25) is 0 Å². The van der Waals surface area contributed by atoms with Crippen LogP contribution in [0.1, 0.15) is 19.8 Å². The first-order chi connectivity index (χ1) is 12.6. The van der Waals surface area contributed by atoms with E-state index in [0.29, 0.717) is 23.5 Å². The fourth-order valence-corrected chi connectivity index (χ4v) is 4.21. The first-order valence-corrected chi connectivity index (χ1v) is 9.22. The normalized spacial score (nSPS) is 20.1. The first-order valence-electron chi connectivity index (χ1n) is 8.40. The van der Waals surface area contributed by atoms with Gasteiger partial charge in [-0.1, -0.05) is 11.3 Å². The lowest BCUT2D eigenvalue weighted by molar-refractivity contribution is 0.425. The number of nitrogen functional groups attached to an aromatic ring is 1. The number of piperidine rings is 1. The number of aromatic nitrogens is 4. The Morgan fingerprint density at radius 3 is 3.04 bits per heavy atom. The van der Waals surface area contributed by atoms with Crippen molar-refractivity contribution in [2.45, 2.75) is 25.8 Å². The van der Waals surface area contributed by atoms with Gasteiger partial charge in [-0.3, -0.25) is 0 Å². The second-order valence-electron chi connectivity index (χ2n) is 6.36. The summed E-state index contributed by atoms with van der Waals surface area (Å²) < 4.78 is 0.950. The van der Waals surface area contributed by atoms with Crippen molar-refractivity contribution in [2.24, 2.45) is 5.92 Å². The zero-order chi connectivity index (χ0) is 18.1. The molecule has 1 saturated heterocycles. The molecule has 0 amide bonds. The number of hydrogen-bond donors (Lipinski definition) is 2. The Kier molecular flexibility index (Phi) is 4.26. The van der Waals surface area contributed by atoms with Crippen molar-refractivity contribution in [2.75, 3.05) is 22.5 Å². The Labute approximate surface area is 154 Å². The van der Waals surface area contributed by atoms with Crippen LogP contribution in [0.4, 0.5) is 22.6 Å². The third kappa shape index (κ3) is 3.11. The molecule has 1 aliphatic rings. The van der Waals surface area contributed by atoms with E-state index >= 15 is 0 Å². The van der Waals surface area contributed by atoms with E-state index in [9.17, 15) is 5.26 Å². The smallest absolute Gasteiger partial charge is 0.186 e. The standard InChI is InChI=1S/C17H18N8S/c1-10-2-3-11(7-18)8-25(10)17-23-12-4-5-20-16(15(12)26-17)24-14-6-13(19)21-9-22-14/h4-6,9-11H,2-3,8H2,1H3,(H3,19,20,21,22,24). The van der Waals surface area contributed by atoms with Crippen LogP contribution < -0.4 is 16.0 Å². The highest BCUT2D eigenvalue weighted by atomic mass is 32.1. The van der Waals surface area contributed by atoms with Crippen molar-refractivity contribution in [1.29, 1.82) is 5.26 Å². The summed E-state index contributed by atoms with van der Waals surface area (Å²) in [5.41, 5.74) is 6.58. The summed E-state index contributed by atoms with van der Waals surface area (Å²) in [5.74, 6) is 1.72. The predicted molar refractivity (Wildman–Crippen MR) is 102 cm³/mol. The summed E-state index contributed by atoms with van der Waals surface area (Å²) in [6, 6.07) is 6.31. The summed E-state index contributed by atoms with van der Waals surface area (Å²) in [6.45, 7) is 2.90. The van der Waals surface area contributed by atoms with Gasteiger partial charge in [0.25, 0.3) is 0 Å². The van der Waals surface area contributed by atoms with Crippen molar-refractivity contribution in [3.8, 4) is 6.07 Å². The fraction of sp³-hybridized carbons (Fsp3) is 0.353. The molecule has 0 bridgehead atoms. The molecule has 0 spiro atoms. The van der Waals surface area contributed by atoms with Gasteiger partial charge in [-0.05, 0) is 25.8 Å². The Bertz CT molecular complexity index is 978. The van der Waals surface area contributed by atoms with Crippen molar-refractivity contribution in [3.63, 3.8) is 0 Å². The number of pyridine rings is 1. The number of nitrogens with two attached hydrogens (primary N) is 1. The van der Waals surface area contributed by atoms with Gasteiger partial charge in [0.05, 0.1) is 22.2 Å². The summed E-state index contributed by atoms with van der Waals surface area (Å²) in [6.07, 6.45) is 5.07. The molecule has 2 atom stereocenters. The molecule has 1 aliphatic heterocycles. The van der Waals surface area contributed by atoms with Crippen LogP contribution in [0.25, 0.3) is 10.2 Å². The summed E-state index contributed by atoms with van der Waals surface area (Å²) in [7, 11) is 0. The van der Waals surface area contributed by atoms with E-state index in [1.54, 1.807) is 23.6 Å². The van der Waals surface area contributed by atoms with Crippen LogP contribution in [0.5, 0.6) is 0 Å². The van der Waals surface area contributed by atoms with E-state index in [-0.39, 0.29) is 5.92 Å². The molecule has 4 heterocycles. The number of nitrogens with zero attached hydrogens (tertiary/aromatic N) is 6. The van der Waals surface area contributed by atoms with E-state index in [1.807, 2.05) is 6.07 Å². The lowest BCUT2D eigenvalue weighted by Crippen LogP contribution is -2.41. The van der Waals surface area contributed by atoms with Crippen molar-refractivity contribution >= 4 is 44.1 Å². The topological polar surface area (TPSA) is 117 Å². The maximum absolute atomic E-state index is 9.28. The Morgan fingerprint density at radius 1 is 1.35 bits per heavy atom. The number of nitriles is 1. The maximum Gasteiger partial charge on any atom is 0.186 e. The second kappa shape index (κ2) is 6.72. The molecule has 0 aliphatic carbocycles. The third-order valence-corrected chi connectivity index (χ3v) is 5.65. The Hall–Kier alpha value is -2.99. The molecule has 0 radical (unpaired) electrons. The molecule has 3 aromatic rings. The molecular formula is C17H18N8S. The van der Waals surface area contributed by atoms with E-state index in [1.165, 1.54) is 6.33 Å². The van der Waals surface area contributed by atoms with Crippen LogP contribution in [0.3, 0.4) is 0 Å². The largest absolute Gasteiger partial charge is 0.384 e. The van der Waals surface area contributed by atoms with E-state index in [4.69, 9.17) is 10.7 Å². The van der Waals surface area contributed by atoms with Crippen LogP contribution in [0, 0.1) is 17.2 Å². The Morgan fingerprint density at radius 2 is 2.23 bits per heavy atom. The monoisotopic (exact) mass is 366 g/mol. The van der Waals surface area contributed by atoms with Gasteiger partial charge in [0.1, 0.15) is 18.0 Å². The molecule has 1 fully saturated rings. The number of anilines is 4. The molecule has 0 saturated carbocycles. The van der Waals surface area contributed by atoms with Gasteiger partial charge in [-0.25, -0.2) is 19.9 Å². The minimum atomic E-state index is 0.0536. The van der Waals surface area contributed by atoms with Gasteiger partial charge in [-0.2, -0.15) is 5.26 Å². The quantitative estimate of drug-likeness (QED) is 0.726. The summed E-state index contributed by atoms with van der Waals surface area (Å²) >= 11 is 1.58. The molecule has 26 heavy (non-hydrogen) atoms. The molecule has 3 aromatic heterocycles. The minimum absolute atomic E-state index is 0.0536. The number of fused-ring (bicyclic) bond motifs is 1. The van der Waals surface area contributed by atoms with Crippen LogP contribution in [0.15, 0.2) is 24.7 Å². The zero-order valence-corrected chi connectivity index (χ0v) is 15.1. The maximum atomic E-state index is 9.28. The molecule has 4 rings (SSSR count). The van der Waals surface area contributed by atoms with Gasteiger partial charge in [0.15, 0.2) is 10.9 Å². The van der Waals surface area contributed by atoms with Crippen LogP contribution in [-0.4, -0.2) is 32.5 Å². The van der Waals surface area contributed by atoms with Crippen LogP contribution in [-0.2, 0) is 0 Å². The number of rotatable bonds is 3. The molecule has 3 N–H and O–H groups in total. The average Bonchev–Trinajstić information content (AvgIpc) is 3.07. The highest BCUT2D eigenvalue weighted by molar-refractivity contribution is 7.22. The first kappa shape index (κ1) is 16.5.